The van der Waals surface area contributed by atoms with E-state index in [9.17, 15) is 19.0 Å². The Morgan fingerprint density at radius 2 is 0.794 bits per heavy atom. The minimum absolute atomic E-state index is 0.0251. The van der Waals surface area contributed by atoms with E-state index in [1.807, 2.05) is 0 Å². The van der Waals surface area contributed by atoms with Crippen molar-refractivity contribution >= 4 is 0 Å². The number of rotatable bonds is 4. The van der Waals surface area contributed by atoms with Crippen LogP contribution in [0, 0.1) is 35.3 Å². The molecule has 0 aliphatic rings. The number of aliphatic hydroxyl groups is 2. The van der Waals surface area contributed by atoms with Crippen molar-refractivity contribution in [2.75, 3.05) is 0 Å². The molecule has 4 aromatic carbocycles. The number of benzene rings is 4. The van der Waals surface area contributed by atoms with Gasteiger partial charge in [0.2, 0.25) is 0 Å². The third-order valence-electron chi connectivity index (χ3n) is 5.46. The maximum atomic E-state index is 14.6. The highest BCUT2D eigenvalue weighted by molar-refractivity contribution is 5.50. The molecule has 0 aliphatic heterocycles. The van der Waals surface area contributed by atoms with Gasteiger partial charge in [-0.05, 0) is 35.8 Å². The summed E-state index contributed by atoms with van der Waals surface area (Å²) >= 11 is 0. The Hall–Kier alpha value is -4.22. The second-order valence-corrected chi connectivity index (χ2v) is 7.61. The highest BCUT2D eigenvalue weighted by Gasteiger charge is 2.33. The second-order valence-electron chi connectivity index (χ2n) is 7.61. The third kappa shape index (κ3) is 4.47. The molecule has 0 saturated carbocycles. The largest absolute Gasteiger partial charge is 0.369 e. The zero-order chi connectivity index (χ0) is 24.0. The smallest absolute Gasteiger partial charge is 0.180 e. The molecule has 2 atom stereocenters. The van der Waals surface area contributed by atoms with Crippen LogP contribution in [0.4, 0.5) is 8.78 Å². The predicted octanol–water partition coefficient (Wildman–Crippen LogP) is 5.14. The summed E-state index contributed by atoms with van der Waals surface area (Å²) < 4.78 is 29.2. The molecule has 0 bridgehead atoms. The Morgan fingerprint density at radius 3 is 1.15 bits per heavy atom. The van der Waals surface area contributed by atoms with Gasteiger partial charge >= 0.3 is 0 Å². The van der Waals surface area contributed by atoms with Gasteiger partial charge in [0, 0.05) is 22.3 Å². The van der Waals surface area contributed by atoms with Crippen molar-refractivity contribution in [3.05, 3.63) is 143 Å². The van der Waals surface area contributed by atoms with E-state index in [1.54, 1.807) is 72.8 Å². The minimum atomic E-state index is -1.98. The molecule has 4 aromatic rings. The van der Waals surface area contributed by atoms with E-state index in [4.69, 9.17) is 0 Å². The molecule has 0 heterocycles. The third-order valence-corrected chi connectivity index (χ3v) is 5.46. The van der Waals surface area contributed by atoms with Crippen LogP contribution in [0.5, 0.6) is 0 Å². The lowest BCUT2D eigenvalue weighted by Crippen LogP contribution is -2.27. The van der Waals surface area contributed by atoms with Gasteiger partial charge in [0.25, 0.3) is 0 Å². The summed E-state index contributed by atoms with van der Waals surface area (Å²) in [5, 5.41) is 22.9. The average molecular weight is 450 g/mol. The van der Waals surface area contributed by atoms with E-state index in [0.717, 1.165) is 0 Å². The summed E-state index contributed by atoms with van der Waals surface area (Å²) in [6.07, 6.45) is 0. The maximum absolute atomic E-state index is 14.6. The average Bonchev–Trinajstić information content (AvgIpc) is 2.88. The Bertz CT molecular complexity index is 1300. The minimum Gasteiger partial charge on any atom is -0.369 e. The van der Waals surface area contributed by atoms with Crippen molar-refractivity contribution < 1.29 is 19.0 Å². The summed E-state index contributed by atoms with van der Waals surface area (Å²) in [6, 6.07) is 28.5. The topological polar surface area (TPSA) is 40.5 Å². The van der Waals surface area contributed by atoms with Gasteiger partial charge in [-0.1, -0.05) is 97.1 Å². The highest BCUT2D eigenvalue weighted by atomic mass is 19.1. The second kappa shape index (κ2) is 9.73. The standard InChI is InChI=1S/C30H20F2O2/c31-27-19-9-7-17-25(27)29(33,23-13-3-1-4-14-23)21-11-12-22-30(34,24-15-5-2-6-16-24)26-18-8-10-20-28(26)32/h1-10,13-20,33-34H. The lowest BCUT2D eigenvalue weighted by molar-refractivity contribution is 0.139. The first kappa shape index (κ1) is 23.0. The molecule has 0 aliphatic carbocycles. The maximum Gasteiger partial charge on any atom is 0.180 e. The van der Waals surface area contributed by atoms with Crippen LogP contribution in [0.3, 0.4) is 0 Å². The highest BCUT2D eigenvalue weighted by Crippen LogP contribution is 2.32. The lowest BCUT2D eigenvalue weighted by Gasteiger charge is -2.24. The monoisotopic (exact) mass is 450 g/mol. The van der Waals surface area contributed by atoms with E-state index in [-0.39, 0.29) is 11.1 Å². The Labute approximate surface area is 197 Å². The first-order valence-electron chi connectivity index (χ1n) is 10.6. The van der Waals surface area contributed by atoms with Gasteiger partial charge in [0.15, 0.2) is 11.2 Å². The zero-order valence-corrected chi connectivity index (χ0v) is 18.0. The van der Waals surface area contributed by atoms with Gasteiger partial charge in [-0.3, -0.25) is 0 Å². The van der Waals surface area contributed by atoms with Crippen LogP contribution in [0.15, 0.2) is 109 Å². The van der Waals surface area contributed by atoms with E-state index >= 15 is 0 Å². The van der Waals surface area contributed by atoms with Crippen molar-refractivity contribution in [2.45, 2.75) is 11.2 Å². The lowest BCUT2D eigenvalue weighted by atomic mass is 9.86. The number of halogens is 2. The van der Waals surface area contributed by atoms with Crippen LogP contribution in [-0.2, 0) is 11.2 Å². The normalized spacial score (nSPS) is 13.9. The molecule has 0 saturated heterocycles. The number of hydrogen-bond acceptors (Lipinski definition) is 2. The van der Waals surface area contributed by atoms with Gasteiger partial charge in [-0.2, -0.15) is 0 Å². The van der Waals surface area contributed by atoms with E-state index < -0.39 is 22.8 Å². The van der Waals surface area contributed by atoms with Crippen LogP contribution < -0.4 is 0 Å². The molecule has 4 heteroatoms. The molecule has 0 amide bonds. The van der Waals surface area contributed by atoms with Crippen molar-refractivity contribution in [2.24, 2.45) is 0 Å². The van der Waals surface area contributed by atoms with E-state index in [2.05, 4.69) is 23.7 Å². The van der Waals surface area contributed by atoms with Crippen LogP contribution >= 0.6 is 0 Å². The van der Waals surface area contributed by atoms with Crippen molar-refractivity contribution in [1.29, 1.82) is 0 Å². The molecular formula is C30H20F2O2. The molecular weight excluding hydrogens is 430 g/mol. The van der Waals surface area contributed by atoms with Crippen LogP contribution in [0.1, 0.15) is 22.3 Å². The summed E-state index contributed by atoms with van der Waals surface area (Å²) in [5.41, 5.74) is -3.29. The Kier molecular flexibility index (Phi) is 6.57. The van der Waals surface area contributed by atoms with Gasteiger partial charge < -0.3 is 10.2 Å². The van der Waals surface area contributed by atoms with Gasteiger partial charge in [0.05, 0.1) is 0 Å². The quantitative estimate of drug-likeness (QED) is 0.423. The van der Waals surface area contributed by atoms with Crippen molar-refractivity contribution in [3.63, 3.8) is 0 Å². The molecule has 34 heavy (non-hydrogen) atoms. The first-order chi connectivity index (χ1) is 16.4. The Balaban J connectivity index is 1.83. The SMILES string of the molecule is OC(C#CC#CC(O)(c1ccccc1)c1ccccc1F)(c1ccccc1)c1ccccc1F. The van der Waals surface area contributed by atoms with Crippen molar-refractivity contribution in [3.8, 4) is 23.7 Å². The number of hydrogen-bond donors (Lipinski definition) is 2. The molecule has 0 radical (unpaired) electrons. The fraction of sp³-hybridized carbons (Fsp3) is 0.0667. The fourth-order valence-electron chi connectivity index (χ4n) is 3.70. The van der Waals surface area contributed by atoms with Crippen molar-refractivity contribution in [1.82, 2.24) is 0 Å². The molecule has 2 N–H and O–H groups in total. The molecule has 0 aromatic heterocycles. The molecule has 0 spiro atoms. The van der Waals surface area contributed by atoms with E-state index in [1.165, 1.54) is 36.4 Å². The summed E-state index contributed by atoms with van der Waals surface area (Å²) in [4.78, 5) is 0. The molecule has 0 fully saturated rings. The predicted molar refractivity (Wildman–Crippen MR) is 127 cm³/mol. The van der Waals surface area contributed by atoms with Crippen LogP contribution in [-0.4, -0.2) is 10.2 Å². The van der Waals surface area contributed by atoms with Gasteiger partial charge in [-0.15, -0.1) is 0 Å². The van der Waals surface area contributed by atoms with Gasteiger partial charge in [0.1, 0.15) is 11.6 Å². The summed E-state index contributed by atoms with van der Waals surface area (Å²) in [5.74, 6) is 9.16. The van der Waals surface area contributed by atoms with Gasteiger partial charge in [-0.25, -0.2) is 8.78 Å². The van der Waals surface area contributed by atoms with E-state index in [0.29, 0.717) is 11.1 Å². The first-order valence-corrected chi connectivity index (χ1v) is 10.6. The molecule has 2 nitrogen and oxygen atoms in total. The zero-order valence-electron chi connectivity index (χ0n) is 18.0. The summed E-state index contributed by atoms with van der Waals surface area (Å²) in [6.45, 7) is 0. The Morgan fingerprint density at radius 1 is 0.471 bits per heavy atom. The van der Waals surface area contributed by atoms with Crippen LogP contribution in [0.25, 0.3) is 0 Å². The molecule has 166 valence electrons. The summed E-state index contributed by atoms with van der Waals surface area (Å²) in [7, 11) is 0. The van der Waals surface area contributed by atoms with Crippen LogP contribution in [0.2, 0.25) is 0 Å². The molecule has 2 unspecified atom stereocenters. The molecule has 4 rings (SSSR count). The fourth-order valence-corrected chi connectivity index (χ4v) is 3.70.